The van der Waals surface area contributed by atoms with Crippen LogP contribution in [0.4, 0.5) is 30.4 Å². The largest absolute Gasteiger partial charge is 0.416 e. The van der Waals surface area contributed by atoms with E-state index < -0.39 is 17.6 Å². The van der Waals surface area contributed by atoms with Gasteiger partial charge in [-0.05, 0) is 66.1 Å². The zero-order valence-corrected chi connectivity index (χ0v) is 20.0. The maximum atomic E-state index is 13.5. The van der Waals surface area contributed by atoms with Crippen LogP contribution in [0.2, 0.25) is 0 Å². The lowest BCUT2D eigenvalue weighted by Gasteiger charge is -2.31. The van der Waals surface area contributed by atoms with Gasteiger partial charge in [-0.15, -0.1) is 0 Å². The van der Waals surface area contributed by atoms with E-state index in [0.717, 1.165) is 28.8 Å². The second kappa shape index (κ2) is 9.70. The Balaban J connectivity index is 1.50. The number of nitrogens with two attached hydrogens (primary N) is 1. The van der Waals surface area contributed by atoms with Crippen LogP contribution in [-0.2, 0) is 10.9 Å². The van der Waals surface area contributed by atoms with Crippen molar-refractivity contribution in [2.45, 2.75) is 13.1 Å². The Bertz CT molecular complexity index is 1480. The molecule has 3 aromatic carbocycles. The summed E-state index contributed by atoms with van der Waals surface area (Å²) in [5, 5.41) is 3.40. The van der Waals surface area contributed by atoms with E-state index in [2.05, 4.69) is 15.3 Å². The highest BCUT2D eigenvalue weighted by molar-refractivity contribution is 6.07. The Morgan fingerprint density at radius 2 is 1.81 bits per heavy atom. The fourth-order valence-corrected chi connectivity index (χ4v) is 4.41. The highest BCUT2D eigenvalue weighted by atomic mass is 19.4. The second-order valence-corrected chi connectivity index (χ2v) is 8.80. The van der Waals surface area contributed by atoms with Gasteiger partial charge in [0.05, 0.1) is 35.7 Å². The van der Waals surface area contributed by atoms with Crippen molar-refractivity contribution < 1.29 is 22.7 Å². The molecule has 0 unspecified atom stereocenters. The minimum Gasteiger partial charge on any atom is -0.383 e. The summed E-state index contributed by atoms with van der Waals surface area (Å²) in [6, 6.07) is 14.1. The summed E-state index contributed by atoms with van der Waals surface area (Å²) in [6.07, 6.45) is -3.14. The number of benzene rings is 3. The van der Waals surface area contributed by atoms with Gasteiger partial charge in [-0.3, -0.25) is 4.79 Å². The third-order valence-corrected chi connectivity index (χ3v) is 6.40. The van der Waals surface area contributed by atoms with Crippen LogP contribution in [0.1, 0.15) is 21.5 Å². The van der Waals surface area contributed by atoms with Crippen molar-refractivity contribution in [3.8, 4) is 11.1 Å². The van der Waals surface area contributed by atoms with Crippen LogP contribution in [-0.4, -0.2) is 42.2 Å². The molecule has 190 valence electrons. The molecule has 0 aliphatic carbocycles. The van der Waals surface area contributed by atoms with Crippen LogP contribution >= 0.6 is 0 Å². The standard InChI is InChI=1S/C27H24F3N5O2/c1-16-2-3-18(13-20(16)17-4-6-22-21(12-17)25(31)33-15-32-22)26(36)34-23-14-19(27(28,29)30)5-7-24(23)35-8-10-37-11-9-35/h2-7,12-15H,8-11H2,1H3,(H,34,36)(H2,31,32,33). The first kappa shape index (κ1) is 24.5. The van der Waals surface area contributed by atoms with Crippen molar-refractivity contribution in [1.82, 2.24) is 9.97 Å². The summed E-state index contributed by atoms with van der Waals surface area (Å²) < 4.78 is 45.8. The van der Waals surface area contributed by atoms with Gasteiger partial charge < -0.3 is 20.7 Å². The molecule has 0 bridgehead atoms. The number of aromatic nitrogens is 2. The van der Waals surface area contributed by atoms with Crippen molar-refractivity contribution in [2.75, 3.05) is 42.3 Å². The smallest absolute Gasteiger partial charge is 0.383 e. The first-order valence-corrected chi connectivity index (χ1v) is 11.7. The molecule has 1 aliphatic rings. The van der Waals surface area contributed by atoms with E-state index >= 15 is 0 Å². The van der Waals surface area contributed by atoms with E-state index in [0.29, 0.717) is 54.3 Å². The molecule has 1 fully saturated rings. The number of nitrogens with one attached hydrogen (secondary N) is 1. The number of aryl methyl sites for hydroxylation is 1. The number of carbonyl (C=O) groups excluding carboxylic acids is 1. The van der Waals surface area contributed by atoms with Crippen molar-refractivity contribution in [3.63, 3.8) is 0 Å². The molecule has 0 spiro atoms. The first-order valence-electron chi connectivity index (χ1n) is 11.7. The number of hydrogen-bond donors (Lipinski definition) is 2. The van der Waals surface area contributed by atoms with Crippen molar-refractivity contribution in [1.29, 1.82) is 0 Å². The lowest BCUT2D eigenvalue weighted by molar-refractivity contribution is -0.137. The van der Waals surface area contributed by atoms with E-state index in [-0.39, 0.29) is 5.69 Å². The van der Waals surface area contributed by atoms with Gasteiger partial charge in [0.1, 0.15) is 12.1 Å². The maximum absolute atomic E-state index is 13.5. The van der Waals surface area contributed by atoms with Crippen LogP contribution in [0.25, 0.3) is 22.0 Å². The number of alkyl halides is 3. The average Bonchev–Trinajstić information content (AvgIpc) is 2.89. The van der Waals surface area contributed by atoms with E-state index in [1.807, 2.05) is 30.0 Å². The molecule has 1 saturated heterocycles. The molecule has 1 aliphatic heterocycles. The molecule has 10 heteroatoms. The fraction of sp³-hybridized carbons (Fsp3) is 0.222. The Labute approximate surface area is 211 Å². The monoisotopic (exact) mass is 507 g/mol. The molecular formula is C27H24F3N5O2. The van der Waals surface area contributed by atoms with Crippen LogP contribution < -0.4 is 16.0 Å². The normalized spacial score (nSPS) is 14.1. The van der Waals surface area contributed by atoms with Gasteiger partial charge >= 0.3 is 6.18 Å². The molecule has 0 radical (unpaired) electrons. The Morgan fingerprint density at radius 3 is 2.57 bits per heavy atom. The maximum Gasteiger partial charge on any atom is 0.416 e. The molecule has 37 heavy (non-hydrogen) atoms. The first-order chi connectivity index (χ1) is 17.7. The summed E-state index contributed by atoms with van der Waals surface area (Å²) >= 11 is 0. The van der Waals surface area contributed by atoms with Gasteiger partial charge in [0, 0.05) is 24.0 Å². The number of fused-ring (bicyclic) bond motifs is 1. The zero-order chi connectivity index (χ0) is 26.2. The zero-order valence-electron chi connectivity index (χ0n) is 20.0. The molecule has 4 aromatic rings. The number of amides is 1. The number of morpholine rings is 1. The molecule has 5 rings (SSSR count). The van der Waals surface area contributed by atoms with Crippen molar-refractivity contribution in [3.05, 3.63) is 77.6 Å². The SMILES string of the molecule is Cc1ccc(C(=O)Nc2cc(C(F)(F)F)ccc2N2CCOCC2)cc1-c1ccc2ncnc(N)c2c1. The van der Waals surface area contributed by atoms with Crippen LogP contribution in [0.3, 0.4) is 0 Å². The summed E-state index contributed by atoms with van der Waals surface area (Å²) in [4.78, 5) is 23.5. The summed E-state index contributed by atoms with van der Waals surface area (Å²) in [7, 11) is 0. The van der Waals surface area contributed by atoms with Crippen LogP contribution in [0, 0.1) is 6.92 Å². The van der Waals surface area contributed by atoms with Gasteiger partial charge in [-0.2, -0.15) is 13.2 Å². The molecule has 0 atom stereocenters. The van der Waals surface area contributed by atoms with E-state index in [1.165, 1.54) is 12.4 Å². The minimum absolute atomic E-state index is 0.0967. The molecule has 1 aromatic heterocycles. The molecule has 3 N–H and O–H groups in total. The predicted molar refractivity (Wildman–Crippen MR) is 137 cm³/mol. The number of ether oxygens (including phenoxy) is 1. The number of nitrogen functional groups attached to an aromatic ring is 1. The average molecular weight is 508 g/mol. The quantitative estimate of drug-likeness (QED) is 0.390. The van der Waals surface area contributed by atoms with E-state index in [1.54, 1.807) is 18.2 Å². The van der Waals surface area contributed by atoms with Crippen LogP contribution in [0.15, 0.2) is 60.9 Å². The summed E-state index contributed by atoms with van der Waals surface area (Å²) in [6.45, 7) is 3.85. The minimum atomic E-state index is -4.54. The van der Waals surface area contributed by atoms with E-state index in [9.17, 15) is 18.0 Å². The summed E-state index contributed by atoms with van der Waals surface area (Å²) in [5.41, 5.74) is 9.32. The van der Waals surface area contributed by atoms with Gasteiger partial charge in [-0.25, -0.2) is 9.97 Å². The molecule has 7 nitrogen and oxygen atoms in total. The predicted octanol–water partition coefficient (Wildman–Crippen LogP) is 5.30. The molecule has 0 saturated carbocycles. The highest BCUT2D eigenvalue weighted by Crippen LogP contribution is 2.36. The number of halogens is 3. The van der Waals surface area contributed by atoms with Gasteiger partial charge in [0.2, 0.25) is 0 Å². The Morgan fingerprint density at radius 1 is 1.03 bits per heavy atom. The second-order valence-electron chi connectivity index (χ2n) is 8.80. The lowest BCUT2D eigenvalue weighted by Crippen LogP contribution is -2.36. The van der Waals surface area contributed by atoms with Gasteiger partial charge in [0.25, 0.3) is 5.91 Å². The van der Waals surface area contributed by atoms with Crippen molar-refractivity contribution in [2.24, 2.45) is 0 Å². The number of nitrogens with zero attached hydrogens (tertiary/aromatic N) is 3. The van der Waals surface area contributed by atoms with Gasteiger partial charge in [0.15, 0.2) is 0 Å². The van der Waals surface area contributed by atoms with E-state index in [4.69, 9.17) is 10.5 Å². The molecule has 1 amide bonds. The van der Waals surface area contributed by atoms with Gasteiger partial charge in [-0.1, -0.05) is 12.1 Å². The fourth-order valence-electron chi connectivity index (χ4n) is 4.41. The number of carbonyl (C=O) groups is 1. The third kappa shape index (κ3) is 5.05. The number of anilines is 3. The number of rotatable bonds is 4. The third-order valence-electron chi connectivity index (χ3n) is 6.40. The van der Waals surface area contributed by atoms with Crippen LogP contribution in [0.5, 0.6) is 0 Å². The molecule has 2 heterocycles. The molecular weight excluding hydrogens is 483 g/mol. The lowest BCUT2D eigenvalue weighted by atomic mass is 9.96. The summed E-state index contributed by atoms with van der Waals surface area (Å²) in [5.74, 6) is -0.169. The topological polar surface area (TPSA) is 93.4 Å². The Hall–Kier alpha value is -4.18. The van der Waals surface area contributed by atoms with Crippen molar-refractivity contribution >= 4 is 34.0 Å². The highest BCUT2D eigenvalue weighted by Gasteiger charge is 2.32. The number of hydrogen-bond acceptors (Lipinski definition) is 6. The Kier molecular flexibility index (Phi) is 6.43.